The van der Waals surface area contributed by atoms with E-state index in [0.29, 0.717) is 0 Å². The number of nitrogens with two attached hydrogens (primary N) is 2. The van der Waals surface area contributed by atoms with Crippen LogP contribution in [0.2, 0.25) is 0 Å². The van der Waals surface area contributed by atoms with Crippen LogP contribution in [0.15, 0.2) is 18.2 Å². The average Bonchev–Trinajstić information content (AvgIpc) is 2.58. The van der Waals surface area contributed by atoms with Crippen LogP contribution in [-0.4, -0.2) is 56.1 Å². The molecule has 158 valence electrons. The van der Waals surface area contributed by atoms with Crippen molar-refractivity contribution in [1.82, 2.24) is 0 Å². The Balaban J connectivity index is 0.000000521. The molecular formula is C18H28N2O8. The highest BCUT2D eigenvalue weighted by Gasteiger charge is 2.33. The van der Waals surface area contributed by atoms with Crippen molar-refractivity contribution in [2.24, 2.45) is 5.73 Å². The van der Waals surface area contributed by atoms with Gasteiger partial charge in [0.2, 0.25) is 0 Å². The average molecular weight is 400 g/mol. The van der Waals surface area contributed by atoms with Crippen molar-refractivity contribution < 1.29 is 39.5 Å². The van der Waals surface area contributed by atoms with Gasteiger partial charge in [0.05, 0.1) is 5.56 Å². The molecule has 10 heteroatoms. The molecule has 0 saturated heterocycles. The summed E-state index contributed by atoms with van der Waals surface area (Å²) in [4.78, 5) is 31.9. The van der Waals surface area contributed by atoms with E-state index < -0.39 is 35.7 Å². The first-order valence-electron chi connectivity index (χ1n) is 8.41. The maximum Gasteiger partial charge on any atom is 0.338 e. The first kappa shape index (κ1) is 25.3. The summed E-state index contributed by atoms with van der Waals surface area (Å²) in [6, 6.07) is 4.73. The third kappa shape index (κ3) is 8.33. The first-order valence-corrected chi connectivity index (χ1v) is 8.41. The number of hydrogen-bond donors (Lipinski definition) is 6. The summed E-state index contributed by atoms with van der Waals surface area (Å²) >= 11 is 0. The Morgan fingerprint density at radius 2 is 1.64 bits per heavy atom. The summed E-state index contributed by atoms with van der Waals surface area (Å²) in [6.07, 6.45) is -3.43. The molecule has 0 heterocycles. The number of aliphatic hydroxyl groups is 2. The van der Waals surface area contributed by atoms with Gasteiger partial charge in [-0.05, 0) is 44.9 Å². The summed E-state index contributed by atoms with van der Waals surface area (Å²) in [5.74, 6) is -3.85. The topological polar surface area (TPSA) is 193 Å². The van der Waals surface area contributed by atoms with Crippen molar-refractivity contribution in [3.63, 3.8) is 0 Å². The van der Waals surface area contributed by atoms with E-state index in [1.54, 1.807) is 32.9 Å². The SMILES string of the molecule is CC(C)(C)OC(=O)[C@@H](O)[C@H](O)C(=O)O.CC[C@@H](N)c1ccc(C(=O)O)c(N)c1. The molecule has 10 nitrogen and oxygen atoms in total. The van der Waals surface area contributed by atoms with E-state index in [0.717, 1.165) is 12.0 Å². The molecule has 0 aliphatic carbocycles. The van der Waals surface area contributed by atoms with Gasteiger partial charge in [0.15, 0.2) is 12.2 Å². The van der Waals surface area contributed by atoms with Crippen LogP contribution >= 0.6 is 0 Å². The normalized spacial score (nSPS) is 14.1. The first-order chi connectivity index (χ1) is 12.7. The predicted molar refractivity (Wildman–Crippen MR) is 101 cm³/mol. The zero-order valence-electron chi connectivity index (χ0n) is 16.2. The van der Waals surface area contributed by atoms with Crippen molar-refractivity contribution in [2.75, 3.05) is 5.73 Å². The van der Waals surface area contributed by atoms with Crippen LogP contribution in [0, 0.1) is 0 Å². The van der Waals surface area contributed by atoms with Crippen molar-refractivity contribution in [1.29, 1.82) is 0 Å². The van der Waals surface area contributed by atoms with Gasteiger partial charge in [0.25, 0.3) is 0 Å². The number of ether oxygens (including phenoxy) is 1. The number of benzene rings is 1. The highest BCUT2D eigenvalue weighted by Crippen LogP contribution is 2.20. The van der Waals surface area contributed by atoms with Crippen molar-refractivity contribution in [3.05, 3.63) is 29.3 Å². The Bertz CT molecular complexity index is 699. The van der Waals surface area contributed by atoms with Crippen LogP contribution in [0.1, 0.15) is 56.1 Å². The Morgan fingerprint density at radius 1 is 1.11 bits per heavy atom. The number of rotatable bonds is 6. The van der Waals surface area contributed by atoms with E-state index in [1.165, 1.54) is 6.07 Å². The van der Waals surface area contributed by atoms with E-state index in [9.17, 15) is 14.4 Å². The molecule has 8 N–H and O–H groups in total. The maximum atomic E-state index is 11.0. The monoisotopic (exact) mass is 400 g/mol. The number of esters is 1. The molecule has 1 rings (SSSR count). The number of hydrogen-bond acceptors (Lipinski definition) is 8. The second-order valence-corrected chi connectivity index (χ2v) is 6.93. The summed E-state index contributed by atoms with van der Waals surface area (Å²) < 4.78 is 4.66. The minimum atomic E-state index is -2.16. The molecule has 0 aliphatic rings. The van der Waals surface area contributed by atoms with E-state index in [2.05, 4.69) is 4.74 Å². The molecule has 0 unspecified atom stereocenters. The van der Waals surface area contributed by atoms with E-state index in [4.69, 9.17) is 31.9 Å². The van der Waals surface area contributed by atoms with Crippen LogP contribution in [0.4, 0.5) is 5.69 Å². The number of carboxylic acids is 2. The van der Waals surface area contributed by atoms with E-state index in [1.807, 2.05) is 6.92 Å². The number of anilines is 1. The molecule has 0 radical (unpaired) electrons. The van der Waals surface area contributed by atoms with Crippen LogP contribution in [-0.2, 0) is 14.3 Å². The van der Waals surface area contributed by atoms with Crippen LogP contribution in [0.5, 0.6) is 0 Å². The third-order valence-corrected chi connectivity index (χ3v) is 3.37. The zero-order valence-corrected chi connectivity index (χ0v) is 16.2. The van der Waals surface area contributed by atoms with E-state index in [-0.39, 0.29) is 17.3 Å². The van der Waals surface area contributed by atoms with Gasteiger partial charge in [-0.2, -0.15) is 0 Å². The summed E-state index contributed by atoms with van der Waals surface area (Å²) in [5, 5.41) is 34.8. The fraction of sp³-hybridized carbons (Fsp3) is 0.500. The Hall–Kier alpha value is -2.69. The zero-order chi connectivity index (χ0) is 22.2. The number of aromatic carboxylic acids is 1. The van der Waals surface area contributed by atoms with Crippen LogP contribution in [0.3, 0.4) is 0 Å². The fourth-order valence-corrected chi connectivity index (χ4v) is 1.87. The minimum Gasteiger partial charge on any atom is -0.479 e. The lowest BCUT2D eigenvalue weighted by Gasteiger charge is -2.22. The molecule has 0 fully saturated rings. The Morgan fingerprint density at radius 3 is 2.00 bits per heavy atom. The molecule has 0 aliphatic heterocycles. The van der Waals surface area contributed by atoms with Gasteiger partial charge < -0.3 is 36.6 Å². The smallest absolute Gasteiger partial charge is 0.338 e. The quantitative estimate of drug-likeness (QED) is 0.289. The van der Waals surface area contributed by atoms with Gasteiger partial charge in [0, 0.05) is 11.7 Å². The highest BCUT2D eigenvalue weighted by atomic mass is 16.6. The maximum absolute atomic E-state index is 11.0. The predicted octanol–water partition coefficient (Wildman–Crippen LogP) is 0.511. The number of carboxylic acid groups (broad SMARTS) is 2. The molecular weight excluding hydrogens is 372 g/mol. The number of carbonyl (C=O) groups excluding carboxylic acids is 1. The van der Waals surface area contributed by atoms with E-state index >= 15 is 0 Å². The largest absolute Gasteiger partial charge is 0.479 e. The number of carbonyl (C=O) groups is 3. The Kier molecular flexibility index (Phi) is 9.58. The van der Waals surface area contributed by atoms with Gasteiger partial charge in [0.1, 0.15) is 5.60 Å². The van der Waals surface area contributed by atoms with Crippen LogP contribution < -0.4 is 11.5 Å². The van der Waals surface area contributed by atoms with Crippen molar-refractivity contribution in [3.8, 4) is 0 Å². The lowest BCUT2D eigenvalue weighted by Crippen LogP contribution is -2.43. The second-order valence-electron chi connectivity index (χ2n) is 6.93. The molecule has 1 aromatic carbocycles. The number of aliphatic carboxylic acids is 1. The molecule has 1 aromatic rings. The molecule has 3 atom stereocenters. The van der Waals surface area contributed by atoms with Gasteiger partial charge in [-0.3, -0.25) is 0 Å². The van der Waals surface area contributed by atoms with Gasteiger partial charge in [-0.1, -0.05) is 13.0 Å². The second kappa shape index (κ2) is 10.6. The molecule has 0 bridgehead atoms. The van der Waals surface area contributed by atoms with Gasteiger partial charge >= 0.3 is 17.9 Å². The van der Waals surface area contributed by atoms with Crippen molar-refractivity contribution in [2.45, 2.75) is 58.0 Å². The van der Waals surface area contributed by atoms with Crippen molar-refractivity contribution >= 4 is 23.6 Å². The van der Waals surface area contributed by atoms with Gasteiger partial charge in [-0.25, -0.2) is 14.4 Å². The molecule has 0 amide bonds. The number of aliphatic hydroxyl groups excluding tert-OH is 2. The lowest BCUT2D eigenvalue weighted by molar-refractivity contribution is -0.177. The Labute approximate surface area is 162 Å². The number of nitrogen functional groups attached to an aromatic ring is 1. The standard InChI is InChI=1S/C10H14N2O2.C8H14O6/c1-2-8(11)6-3-4-7(10(13)14)9(12)5-6;1-8(2,3)14-7(13)5(10)4(9)6(11)12/h3-5,8H,2,11-12H2,1H3,(H,13,14);4-5,9-10H,1-3H3,(H,11,12)/t8-;4-,5-/m10/s1. The third-order valence-electron chi connectivity index (χ3n) is 3.37. The molecule has 0 saturated carbocycles. The molecule has 28 heavy (non-hydrogen) atoms. The minimum absolute atomic E-state index is 0.0832. The summed E-state index contributed by atoms with van der Waals surface area (Å²) in [7, 11) is 0. The van der Waals surface area contributed by atoms with Crippen LogP contribution in [0.25, 0.3) is 0 Å². The summed E-state index contributed by atoms with van der Waals surface area (Å²) in [6.45, 7) is 6.65. The highest BCUT2D eigenvalue weighted by molar-refractivity contribution is 5.93. The molecule has 0 spiro atoms. The van der Waals surface area contributed by atoms with Gasteiger partial charge in [-0.15, -0.1) is 0 Å². The molecule has 0 aromatic heterocycles. The lowest BCUT2D eigenvalue weighted by atomic mass is 10.0. The fourth-order valence-electron chi connectivity index (χ4n) is 1.87. The summed E-state index contributed by atoms with van der Waals surface area (Å²) in [5.41, 5.74) is 11.8.